The second kappa shape index (κ2) is 5.37. The Bertz CT molecular complexity index is 379. The quantitative estimate of drug-likeness (QED) is 0.543. The molecule has 1 atom stereocenters. The van der Waals surface area contributed by atoms with Crippen LogP contribution < -0.4 is 16.8 Å². The lowest BCUT2D eigenvalue weighted by Gasteiger charge is -2.13. The van der Waals surface area contributed by atoms with Crippen LogP contribution in [0.5, 0.6) is 0 Å². The molecule has 0 saturated heterocycles. The third-order valence-corrected chi connectivity index (χ3v) is 2.29. The summed E-state index contributed by atoms with van der Waals surface area (Å²) >= 11 is 0. The van der Waals surface area contributed by atoms with E-state index in [4.69, 9.17) is 16.6 Å². The zero-order chi connectivity index (χ0) is 12.1. The molecule has 0 aliphatic carbocycles. The molecule has 0 saturated carbocycles. The van der Waals surface area contributed by atoms with Gasteiger partial charge in [0, 0.05) is 18.7 Å². The number of carbonyl (C=O) groups is 1. The summed E-state index contributed by atoms with van der Waals surface area (Å²) in [5, 5.41) is 11.9. The van der Waals surface area contributed by atoms with Crippen LogP contribution in [-0.2, 0) is 0 Å². The lowest BCUT2D eigenvalue weighted by molar-refractivity contribution is 0.100. The lowest BCUT2D eigenvalue weighted by atomic mass is 10.1. The Morgan fingerprint density at radius 3 is 2.81 bits per heavy atom. The van der Waals surface area contributed by atoms with Gasteiger partial charge in [-0.1, -0.05) is 6.92 Å². The van der Waals surface area contributed by atoms with Crippen LogP contribution in [0.15, 0.2) is 18.2 Å². The number of nitrogens with two attached hydrogens (primary N) is 2. The number of anilines is 2. The van der Waals surface area contributed by atoms with Crippen molar-refractivity contribution in [2.75, 3.05) is 24.2 Å². The normalized spacial score (nSPS) is 12.1. The van der Waals surface area contributed by atoms with Crippen LogP contribution in [0, 0.1) is 5.92 Å². The van der Waals surface area contributed by atoms with E-state index in [1.165, 1.54) is 0 Å². The van der Waals surface area contributed by atoms with Crippen molar-refractivity contribution >= 4 is 17.3 Å². The molecule has 16 heavy (non-hydrogen) atoms. The molecule has 0 heterocycles. The molecule has 88 valence electrons. The molecule has 5 nitrogen and oxygen atoms in total. The van der Waals surface area contributed by atoms with E-state index in [-0.39, 0.29) is 12.5 Å². The number of rotatable bonds is 5. The number of primary amides is 1. The van der Waals surface area contributed by atoms with E-state index >= 15 is 0 Å². The number of carbonyl (C=O) groups excluding carboxylic acids is 1. The van der Waals surface area contributed by atoms with Crippen LogP contribution >= 0.6 is 0 Å². The Labute approximate surface area is 94.4 Å². The molecule has 1 aromatic carbocycles. The van der Waals surface area contributed by atoms with Gasteiger partial charge in [-0.3, -0.25) is 4.79 Å². The van der Waals surface area contributed by atoms with Crippen molar-refractivity contribution < 1.29 is 9.90 Å². The molecule has 0 spiro atoms. The molecular weight excluding hydrogens is 206 g/mol. The highest BCUT2D eigenvalue weighted by atomic mass is 16.3. The summed E-state index contributed by atoms with van der Waals surface area (Å²) < 4.78 is 0. The Kier molecular flexibility index (Phi) is 4.13. The van der Waals surface area contributed by atoms with Crippen LogP contribution in [-0.4, -0.2) is 24.2 Å². The van der Waals surface area contributed by atoms with Gasteiger partial charge in [0.25, 0.3) is 0 Å². The van der Waals surface area contributed by atoms with Crippen molar-refractivity contribution in [2.24, 2.45) is 11.7 Å². The molecule has 1 amide bonds. The zero-order valence-corrected chi connectivity index (χ0v) is 9.23. The summed E-state index contributed by atoms with van der Waals surface area (Å²) in [5.41, 5.74) is 12.5. The number of nitrogen functional groups attached to an aromatic ring is 1. The van der Waals surface area contributed by atoms with Crippen molar-refractivity contribution in [1.82, 2.24) is 0 Å². The summed E-state index contributed by atoms with van der Waals surface area (Å²) in [5.74, 6) is -0.366. The molecule has 0 aromatic heterocycles. The highest BCUT2D eigenvalue weighted by Crippen LogP contribution is 2.20. The minimum Gasteiger partial charge on any atom is -0.397 e. The van der Waals surface area contributed by atoms with Gasteiger partial charge in [-0.15, -0.1) is 0 Å². The monoisotopic (exact) mass is 223 g/mol. The largest absolute Gasteiger partial charge is 0.397 e. The van der Waals surface area contributed by atoms with Gasteiger partial charge in [-0.25, -0.2) is 0 Å². The smallest absolute Gasteiger partial charge is 0.248 e. The van der Waals surface area contributed by atoms with Crippen molar-refractivity contribution in [3.63, 3.8) is 0 Å². The first kappa shape index (κ1) is 12.3. The first-order chi connectivity index (χ1) is 7.54. The molecule has 1 rings (SSSR count). The average molecular weight is 223 g/mol. The second-order valence-corrected chi connectivity index (χ2v) is 3.83. The van der Waals surface area contributed by atoms with Crippen LogP contribution in [0.1, 0.15) is 17.3 Å². The standard InChI is InChI=1S/C11H17N3O2/c1-7(6-15)5-14-10-4-8(11(13)16)2-3-9(10)12/h2-4,7,14-15H,5-6,12H2,1H3,(H2,13,16). The van der Waals surface area contributed by atoms with Crippen molar-refractivity contribution in [3.05, 3.63) is 23.8 Å². The molecule has 0 fully saturated rings. The fraction of sp³-hybridized carbons (Fsp3) is 0.364. The van der Waals surface area contributed by atoms with Crippen LogP contribution in [0.4, 0.5) is 11.4 Å². The van der Waals surface area contributed by atoms with Crippen molar-refractivity contribution in [3.8, 4) is 0 Å². The summed E-state index contributed by atoms with van der Waals surface area (Å²) in [7, 11) is 0. The molecule has 0 aliphatic heterocycles. The SMILES string of the molecule is CC(CO)CNc1cc(C(N)=O)ccc1N. The summed E-state index contributed by atoms with van der Waals surface area (Å²) in [6.07, 6.45) is 0. The highest BCUT2D eigenvalue weighted by Gasteiger charge is 2.06. The van der Waals surface area contributed by atoms with Crippen LogP contribution in [0.3, 0.4) is 0 Å². The second-order valence-electron chi connectivity index (χ2n) is 3.83. The topological polar surface area (TPSA) is 101 Å². The van der Waals surface area contributed by atoms with Gasteiger partial charge in [0.2, 0.25) is 5.91 Å². The summed E-state index contributed by atoms with van der Waals surface area (Å²) in [6.45, 7) is 2.59. The van der Waals surface area contributed by atoms with Gasteiger partial charge in [0.15, 0.2) is 0 Å². The highest BCUT2D eigenvalue weighted by molar-refractivity contribution is 5.94. The first-order valence-corrected chi connectivity index (χ1v) is 5.08. The van der Waals surface area contributed by atoms with Crippen molar-refractivity contribution in [1.29, 1.82) is 0 Å². The van der Waals surface area contributed by atoms with E-state index in [9.17, 15) is 4.79 Å². The van der Waals surface area contributed by atoms with Crippen LogP contribution in [0.2, 0.25) is 0 Å². The number of amides is 1. The number of aliphatic hydroxyl groups excluding tert-OH is 1. The number of nitrogens with one attached hydrogen (secondary N) is 1. The molecular formula is C11H17N3O2. The van der Waals surface area contributed by atoms with Gasteiger partial charge in [-0.05, 0) is 24.1 Å². The molecule has 0 bridgehead atoms. The fourth-order valence-corrected chi connectivity index (χ4v) is 1.21. The minimum atomic E-state index is -0.488. The molecule has 1 unspecified atom stereocenters. The first-order valence-electron chi connectivity index (χ1n) is 5.08. The Morgan fingerprint density at radius 2 is 2.25 bits per heavy atom. The average Bonchev–Trinajstić information content (AvgIpc) is 2.27. The zero-order valence-electron chi connectivity index (χ0n) is 9.23. The maximum Gasteiger partial charge on any atom is 0.248 e. The molecule has 0 radical (unpaired) electrons. The third-order valence-electron chi connectivity index (χ3n) is 2.29. The van der Waals surface area contributed by atoms with Gasteiger partial charge in [-0.2, -0.15) is 0 Å². The number of benzene rings is 1. The molecule has 0 aliphatic rings. The van der Waals surface area contributed by atoms with E-state index in [2.05, 4.69) is 5.32 Å². The minimum absolute atomic E-state index is 0.0996. The predicted octanol–water partition coefficient (Wildman–Crippen LogP) is 0.408. The number of aliphatic hydroxyl groups is 1. The van der Waals surface area contributed by atoms with Gasteiger partial charge >= 0.3 is 0 Å². The lowest BCUT2D eigenvalue weighted by Crippen LogP contribution is -2.16. The van der Waals surface area contributed by atoms with E-state index in [0.29, 0.717) is 23.5 Å². The van der Waals surface area contributed by atoms with E-state index in [1.54, 1.807) is 18.2 Å². The molecule has 5 heteroatoms. The maximum atomic E-state index is 11.0. The predicted molar refractivity (Wildman–Crippen MR) is 64.1 cm³/mol. The molecule has 6 N–H and O–H groups in total. The van der Waals surface area contributed by atoms with Gasteiger partial charge < -0.3 is 21.9 Å². The Balaban J connectivity index is 2.78. The van der Waals surface area contributed by atoms with E-state index in [1.807, 2.05) is 6.92 Å². The third kappa shape index (κ3) is 3.13. The van der Waals surface area contributed by atoms with E-state index in [0.717, 1.165) is 0 Å². The maximum absolute atomic E-state index is 11.0. The van der Waals surface area contributed by atoms with Crippen molar-refractivity contribution in [2.45, 2.75) is 6.92 Å². The van der Waals surface area contributed by atoms with E-state index < -0.39 is 5.91 Å². The Morgan fingerprint density at radius 1 is 1.56 bits per heavy atom. The van der Waals surface area contributed by atoms with Crippen LogP contribution in [0.25, 0.3) is 0 Å². The number of hydrogen-bond donors (Lipinski definition) is 4. The number of hydrogen-bond acceptors (Lipinski definition) is 4. The van der Waals surface area contributed by atoms with Gasteiger partial charge in [0.05, 0.1) is 11.4 Å². The molecule has 1 aromatic rings. The summed E-state index contributed by atoms with van der Waals surface area (Å²) in [4.78, 5) is 11.0. The summed E-state index contributed by atoms with van der Waals surface area (Å²) in [6, 6.07) is 4.83. The Hall–Kier alpha value is -1.75. The van der Waals surface area contributed by atoms with Gasteiger partial charge in [0.1, 0.15) is 0 Å². The fourth-order valence-electron chi connectivity index (χ4n) is 1.21.